The van der Waals surface area contributed by atoms with Gasteiger partial charge in [-0.1, -0.05) is 0 Å². The highest BCUT2D eigenvalue weighted by Crippen LogP contribution is 2.30. The molecule has 112 valence electrons. The highest BCUT2D eigenvalue weighted by molar-refractivity contribution is 4.89. The van der Waals surface area contributed by atoms with E-state index in [1.807, 2.05) is 0 Å². The molecule has 0 bridgehead atoms. The second kappa shape index (κ2) is 7.02. The average Bonchev–Trinajstić information content (AvgIpc) is 2.40. The minimum atomic E-state index is 0.345. The Morgan fingerprint density at radius 2 is 2.05 bits per heavy atom. The molecule has 0 aromatic heterocycles. The van der Waals surface area contributed by atoms with Gasteiger partial charge in [0.15, 0.2) is 0 Å². The van der Waals surface area contributed by atoms with Crippen molar-refractivity contribution in [2.45, 2.75) is 31.7 Å². The van der Waals surface area contributed by atoms with Gasteiger partial charge in [0, 0.05) is 31.2 Å². The first-order valence-corrected chi connectivity index (χ1v) is 7.76. The van der Waals surface area contributed by atoms with Crippen molar-refractivity contribution in [2.75, 3.05) is 60.5 Å². The van der Waals surface area contributed by atoms with Crippen molar-refractivity contribution in [3.63, 3.8) is 0 Å². The van der Waals surface area contributed by atoms with Gasteiger partial charge in [0.25, 0.3) is 0 Å². The minimum Gasteiger partial charge on any atom is -0.381 e. The van der Waals surface area contributed by atoms with Gasteiger partial charge in [-0.15, -0.1) is 0 Å². The molecule has 2 aliphatic rings. The van der Waals surface area contributed by atoms with Gasteiger partial charge in [-0.2, -0.15) is 0 Å². The Bertz CT molecular complexity index is 251. The van der Waals surface area contributed by atoms with Crippen molar-refractivity contribution in [2.24, 2.45) is 5.41 Å². The molecule has 1 unspecified atom stereocenters. The molecule has 1 atom stereocenters. The van der Waals surface area contributed by atoms with E-state index in [0.717, 1.165) is 25.8 Å². The molecule has 1 N–H and O–H groups in total. The number of rotatable bonds is 5. The average molecular weight is 269 g/mol. The van der Waals surface area contributed by atoms with Gasteiger partial charge in [-0.3, -0.25) is 0 Å². The topological polar surface area (TPSA) is 27.7 Å². The van der Waals surface area contributed by atoms with Crippen LogP contribution in [0.25, 0.3) is 0 Å². The summed E-state index contributed by atoms with van der Waals surface area (Å²) in [4.78, 5) is 5.04. The molecule has 0 aliphatic carbocycles. The molecule has 4 nitrogen and oxygen atoms in total. The monoisotopic (exact) mass is 269 g/mol. The number of nitrogens with zero attached hydrogens (tertiary/aromatic N) is 2. The van der Waals surface area contributed by atoms with E-state index in [-0.39, 0.29) is 0 Å². The van der Waals surface area contributed by atoms with Gasteiger partial charge in [0.1, 0.15) is 0 Å². The second-order valence-electron chi connectivity index (χ2n) is 6.66. The Hall–Kier alpha value is -0.160. The number of likely N-dealkylation sites (tertiary alicyclic amines) is 1. The first kappa shape index (κ1) is 15.2. The first-order valence-electron chi connectivity index (χ1n) is 7.76. The molecule has 0 aromatic carbocycles. The molecule has 2 saturated heterocycles. The third-order valence-electron chi connectivity index (χ3n) is 4.80. The number of hydrogen-bond acceptors (Lipinski definition) is 4. The van der Waals surface area contributed by atoms with E-state index in [1.165, 1.54) is 45.3 Å². The number of ether oxygens (including phenoxy) is 1. The Morgan fingerprint density at radius 3 is 2.58 bits per heavy atom. The summed E-state index contributed by atoms with van der Waals surface area (Å²) in [5.41, 5.74) is 0.345. The fourth-order valence-electron chi connectivity index (χ4n) is 3.67. The minimum absolute atomic E-state index is 0.345. The second-order valence-corrected chi connectivity index (χ2v) is 6.66. The van der Waals surface area contributed by atoms with Crippen LogP contribution in [0.15, 0.2) is 0 Å². The summed E-state index contributed by atoms with van der Waals surface area (Å²) in [6.45, 7) is 6.66. The summed E-state index contributed by atoms with van der Waals surface area (Å²) in [5, 5.41) is 3.38. The van der Waals surface area contributed by atoms with E-state index in [9.17, 15) is 0 Å². The van der Waals surface area contributed by atoms with Crippen LogP contribution in [0, 0.1) is 5.41 Å². The first-order chi connectivity index (χ1) is 9.15. The van der Waals surface area contributed by atoms with Crippen LogP contribution in [0.1, 0.15) is 25.7 Å². The summed E-state index contributed by atoms with van der Waals surface area (Å²) < 4.78 is 5.76. The zero-order valence-electron chi connectivity index (χ0n) is 13.0. The van der Waals surface area contributed by atoms with Gasteiger partial charge >= 0.3 is 0 Å². The Labute approximate surface area is 118 Å². The highest BCUT2D eigenvalue weighted by Gasteiger charge is 2.35. The summed E-state index contributed by atoms with van der Waals surface area (Å²) >= 11 is 0. The predicted octanol–water partition coefficient (Wildman–Crippen LogP) is 1.03. The Balaban J connectivity index is 1.85. The summed E-state index contributed by atoms with van der Waals surface area (Å²) in [5.74, 6) is 0. The van der Waals surface area contributed by atoms with E-state index >= 15 is 0 Å². The molecule has 19 heavy (non-hydrogen) atoms. The van der Waals surface area contributed by atoms with Gasteiger partial charge in [-0.05, 0) is 59.9 Å². The van der Waals surface area contributed by atoms with Crippen LogP contribution in [-0.2, 0) is 4.74 Å². The summed E-state index contributed by atoms with van der Waals surface area (Å²) in [6.07, 6.45) is 5.14. The Kier molecular flexibility index (Phi) is 5.63. The van der Waals surface area contributed by atoms with Crippen molar-refractivity contribution >= 4 is 0 Å². The van der Waals surface area contributed by atoms with Crippen LogP contribution in [0.2, 0.25) is 0 Å². The maximum absolute atomic E-state index is 5.76. The van der Waals surface area contributed by atoms with Crippen LogP contribution in [0.3, 0.4) is 0 Å². The maximum Gasteiger partial charge on any atom is 0.0546 e. The van der Waals surface area contributed by atoms with Gasteiger partial charge < -0.3 is 19.9 Å². The van der Waals surface area contributed by atoms with Crippen molar-refractivity contribution in [3.8, 4) is 0 Å². The van der Waals surface area contributed by atoms with Crippen LogP contribution in [0.5, 0.6) is 0 Å². The molecule has 0 saturated carbocycles. The fraction of sp³-hybridized carbons (Fsp3) is 1.00. The van der Waals surface area contributed by atoms with E-state index < -0.39 is 0 Å². The van der Waals surface area contributed by atoms with E-state index in [2.05, 4.69) is 36.3 Å². The molecule has 0 spiro atoms. The predicted molar refractivity (Wildman–Crippen MR) is 79.6 cm³/mol. The lowest BCUT2D eigenvalue weighted by atomic mass is 9.81. The van der Waals surface area contributed by atoms with Crippen molar-refractivity contribution < 1.29 is 4.74 Å². The maximum atomic E-state index is 5.76. The van der Waals surface area contributed by atoms with Crippen molar-refractivity contribution in [1.29, 1.82) is 0 Å². The zero-order valence-corrected chi connectivity index (χ0v) is 13.0. The summed E-state index contributed by atoms with van der Waals surface area (Å²) in [6, 6.07) is 0.777. The molecule has 2 heterocycles. The lowest BCUT2D eigenvalue weighted by Crippen LogP contribution is -2.51. The molecule has 2 fully saturated rings. The smallest absolute Gasteiger partial charge is 0.0546 e. The number of hydrogen-bond donors (Lipinski definition) is 1. The molecule has 0 aromatic rings. The van der Waals surface area contributed by atoms with E-state index in [4.69, 9.17) is 4.74 Å². The molecular formula is C15H31N3O. The molecule has 0 amide bonds. The lowest BCUT2D eigenvalue weighted by molar-refractivity contribution is -0.0306. The number of piperidine rings is 1. The lowest BCUT2D eigenvalue weighted by Gasteiger charge is -2.43. The van der Waals surface area contributed by atoms with Gasteiger partial charge in [0.2, 0.25) is 0 Å². The van der Waals surface area contributed by atoms with Crippen molar-refractivity contribution in [1.82, 2.24) is 15.1 Å². The van der Waals surface area contributed by atoms with Crippen LogP contribution in [-0.4, -0.2) is 76.4 Å². The number of nitrogens with one attached hydrogen (secondary N) is 1. The molecule has 4 heteroatoms. The van der Waals surface area contributed by atoms with Gasteiger partial charge in [-0.25, -0.2) is 0 Å². The van der Waals surface area contributed by atoms with E-state index in [0.29, 0.717) is 5.41 Å². The third kappa shape index (κ3) is 4.15. The summed E-state index contributed by atoms with van der Waals surface area (Å²) in [7, 11) is 6.48. The highest BCUT2D eigenvalue weighted by atomic mass is 16.5. The van der Waals surface area contributed by atoms with Crippen LogP contribution >= 0.6 is 0 Å². The van der Waals surface area contributed by atoms with Crippen molar-refractivity contribution in [3.05, 3.63) is 0 Å². The molecular weight excluding hydrogens is 238 g/mol. The zero-order chi connectivity index (χ0) is 13.7. The molecule has 2 rings (SSSR count). The quantitative estimate of drug-likeness (QED) is 0.807. The fourth-order valence-corrected chi connectivity index (χ4v) is 3.67. The third-order valence-corrected chi connectivity index (χ3v) is 4.80. The van der Waals surface area contributed by atoms with Gasteiger partial charge in [0.05, 0.1) is 6.61 Å². The molecule has 0 radical (unpaired) electrons. The standard InChI is InChI=1S/C15H31N3O/c1-16-11-15(7-4-10-19-13-15)12-18-8-5-14(6-9-18)17(2)3/h14,16H,4-13H2,1-3H3. The van der Waals surface area contributed by atoms with Crippen LogP contribution in [0.4, 0.5) is 0 Å². The van der Waals surface area contributed by atoms with E-state index in [1.54, 1.807) is 0 Å². The normalized spacial score (nSPS) is 30.9. The largest absolute Gasteiger partial charge is 0.381 e. The SMILES string of the molecule is CNCC1(CN2CCC(N(C)C)CC2)CCCOC1. The Morgan fingerprint density at radius 1 is 1.32 bits per heavy atom. The van der Waals surface area contributed by atoms with Crippen LogP contribution < -0.4 is 5.32 Å². The molecule has 2 aliphatic heterocycles.